The molecule has 0 bridgehead atoms. The summed E-state index contributed by atoms with van der Waals surface area (Å²) >= 11 is 6.31. The van der Waals surface area contributed by atoms with E-state index in [1.54, 1.807) is 31.2 Å². The van der Waals surface area contributed by atoms with Gasteiger partial charge in [-0.05, 0) is 36.8 Å². The van der Waals surface area contributed by atoms with Gasteiger partial charge in [-0.25, -0.2) is 23.0 Å². The van der Waals surface area contributed by atoms with E-state index >= 15 is 0 Å². The highest BCUT2D eigenvalue weighted by atomic mass is 35.5. The van der Waals surface area contributed by atoms with Crippen LogP contribution >= 0.6 is 11.6 Å². The van der Waals surface area contributed by atoms with Crippen LogP contribution in [0.25, 0.3) is 11.3 Å². The standard InChI is InChI=1S/C24H21ClF2N8O2/c1-3-7-29-23(37)20-19(14(2)10-15-6-9-30-34(15)20)31-22(36)17-11-18(33-12-24(26,27)13-33)32-35(17)21-16(25)5-4-8-28-21/h3-6,8-11H,1,7,12-13H2,2H3,(H,29,37)(H,31,36). The fourth-order valence-electron chi connectivity index (χ4n) is 4.04. The number of rotatable bonds is 7. The topological polar surface area (TPSA) is 109 Å². The van der Waals surface area contributed by atoms with Crippen LogP contribution in [-0.4, -0.2) is 61.7 Å². The first kappa shape index (κ1) is 24.4. The van der Waals surface area contributed by atoms with Crippen LogP contribution < -0.4 is 15.5 Å². The fraction of sp³-hybridized carbons (Fsp3) is 0.208. The molecule has 5 heterocycles. The second kappa shape index (κ2) is 9.28. The summed E-state index contributed by atoms with van der Waals surface area (Å²) in [6.07, 6.45) is 4.54. The second-order valence-electron chi connectivity index (χ2n) is 8.49. The number of fused-ring (bicyclic) bond motifs is 1. The molecule has 10 nitrogen and oxygen atoms in total. The summed E-state index contributed by atoms with van der Waals surface area (Å²) in [5, 5.41) is 14.3. The van der Waals surface area contributed by atoms with Gasteiger partial charge in [0.2, 0.25) is 0 Å². The first-order valence-electron chi connectivity index (χ1n) is 11.2. The lowest BCUT2D eigenvalue weighted by Gasteiger charge is -2.38. The molecular weight excluding hydrogens is 506 g/mol. The maximum absolute atomic E-state index is 13.6. The van der Waals surface area contributed by atoms with Gasteiger partial charge in [0.25, 0.3) is 17.7 Å². The van der Waals surface area contributed by atoms with Crippen LogP contribution in [0.1, 0.15) is 26.5 Å². The van der Waals surface area contributed by atoms with E-state index < -0.39 is 30.8 Å². The number of pyridine rings is 2. The van der Waals surface area contributed by atoms with E-state index in [-0.39, 0.29) is 40.3 Å². The largest absolute Gasteiger partial charge is 0.347 e. The quantitative estimate of drug-likeness (QED) is 0.357. The molecule has 1 aliphatic heterocycles. The molecule has 13 heteroatoms. The Morgan fingerprint density at radius 1 is 1.22 bits per heavy atom. The van der Waals surface area contributed by atoms with E-state index in [1.165, 1.54) is 38.6 Å². The lowest BCUT2D eigenvalue weighted by atomic mass is 10.1. The van der Waals surface area contributed by atoms with Crippen LogP contribution in [0.4, 0.5) is 20.3 Å². The van der Waals surface area contributed by atoms with Gasteiger partial charge in [-0.1, -0.05) is 17.7 Å². The summed E-state index contributed by atoms with van der Waals surface area (Å²) in [5.41, 5.74) is 1.59. The molecule has 1 aliphatic rings. The third kappa shape index (κ3) is 4.51. The Bertz CT molecular complexity index is 1540. The van der Waals surface area contributed by atoms with Crippen molar-refractivity contribution >= 4 is 40.4 Å². The lowest BCUT2D eigenvalue weighted by Crippen LogP contribution is -2.56. The Morgan fingerprint density at radius 3 is 2.70 bits per heavy atom. The summed E-state index contributed by atoms with van der Waals surface area (Å²) in [6.45, 7) is 4.51. The molecule has 0 saturated carbocycles. The Labute approximate surface area is 214 Å². The third-order valence-electron chi connectivity index (χ3n) is 5.78. The Balaban J connectivity index is 1.57. The Kier molecular flexibility index (Phi) is 6.12. The molecular formula is C24H21ClF2N8O2. The van der Waals surface area contributed by atoms with Gasteiger partial charge < -0.3 is 15.5 Å². The zero-order valence-electron chi connectivity index (χ0n) is 19.6. The maximum atomic E-state index is 13.6. The first-order chi connectivity index (χ1) is 17.7. The number of carbonyl (C=O) groups excluding carboxylic acids is 2. The summed E-state index contributed by atoms with van der Waals surface area (Å²) in [6, 6.07) is 8.07. The van der Waals surface area contributed by atoms with Gasteiger partial charge in [-0.15, -0.1) is 11.7 Å². The molecule has 1 saturated heterocycles. The van der Waals surface area contributed by atoms with E-state index in [4.69, 9.17) is 11.6 Å². The van der Waals surface area contributed by atoms with E-state index in [1.807, 2.05) is 0 Å². The Hall–Kier alpha value is -4.32. The molecule has 0 atom stereocenters. The predicted molar refractivity (Wildman–Crippen MR) is 134 cm³/mol. The minimum atomic E-state index is -2.83. The highest BCUT2D eigenvalue weighted by Gasteiger charge is 2.45. The van der Waals surface area contributed by atoms with Gasteiger partial charge in [0.1, 0.15) is 5.69 Å². The molecule has 4 aromatic rings. The smallest absolute Gasteiger partial charge is 0.282 e. The molecule has 0 aromatic carbocycles. The molecule has 0 unspecified atom stereocenters. The molecule has 5 rings (SSSR count). The molecule has 4 aromatic heterocycles. The van der Waals surface area contributed by atoms with Crippen molar-refractivity contribution in [2.75, 3.05) is 29.9 Å². The van der Waals surface area contributed by atoms with Gasteiger partial charge in [0, 0.05) is 18.8 Å². The van der Waals surface area contributed by atoms with Crippen LogP contribution in [0.15, 0.2) is 55.4 Å². The Morgan fingerprint density at radius 2 is 2.00 bits per heavy atom. The molecule has 0 radical (unpaired) electrons. The van der Waals surface area contributed by atoms with Crippen LogP contribution in [-0.2, 0) is 0 Å². The average molecular weight is 527 g/mol. The number of alkyl halides is 2. The number of hydrogen-bond acceptors (Lipinski definition) is 6. The monoisotopic (exact) mass is 526 g/mol. The first-order valence-corrected chi connectivity index (χ1v) is 11.6. The van der Waals surface area contributed by atoms with Crippen LogP contribution in [0.5, 0.6) is 0 Å². The van der Waals surface area contributed by atoms with Gasteiger partial charge in [0.05, 0.1) is 35.5 Å². The normalized spacial score (nSPS) is 14.3. The predicted octanol–water partition coefficient (Wildman–Crippen LogP) is 3.50. The number of nitrogens with zero attached hydrogens (tertiary/aromatic N) is 6. The lowest BCUT2D eigenvalue weighted by molar-refractivity contribution is -0.0267. The van der Waals surface area contributed by atoms with Crippen molar-refractivity contribution in [1.29, 1.82) is 0 Å². The van der Waals surface area contributed by atoms with Crippen LogP contribution in [0.3, 0.4) is 0 Å². The molecule has 2 amide bonds. The van der Waals surface area contributed by atoms with Crippen molar-refractivity contribution in [2.24, 2.45) is 0 Å². The summed E-state index contributed by atoms with van der Waals surface area (Å²) in [7, 11) is 0. The van der Waals surface area contributed by atoms with E-state index in [9.17, 15) is 18.4 Å². The van der Waals surface area contributed by atoms with Crippen molar-refractivity contribution in [3.63, 3.8) is 0 Å². The number of amides is 2. The minimum Gasteiger partial charge on any atom is -0.347 e. The van der Waals surface area contributed by atoms with Crippen molar-refractivity contribution in [3.8, 4) is 5.82 Å². The van der Waals surface area contributed by atoms with Crippen molar-refractivity contribution in [1.82, 2.24) is 29.7 Å². The highest BCUT2D eigenvalue weighted by Crippen LogP contribution is 2.33. The van der Waals surface area contributed by atoms with Crippen LogP contribution in [0.2, 0.25) is 5.02 Å². The maximum Gasteiger partial charge on any atom is 0.282 e. The SMILES string of the molecule is C=CCNC(=O)c1c(NC(=O)c2cc(N3CC(F)(F)C3)nn2-c2ncccc2Cl)c(C)cc2ccnn12. The number of carbonyl (C=O) groups is 2. The van der Waals surface area contributed by atoms with E-state index in [0.717, 1.165) is 0 Å². The van der Waals surface area contributed by atoms with Crippen LogP contribution in [0, 0.1) is 6.92 Å². The molecule has 0 spiro atoms. The number of aryl methyl sites for hydroxylation is 1. The highest BCUT2D eigenvalue weighted by molar-refractivity contribution is 6.32. The minimum absolute atomic E-state index is 0.0109. The van der Waals surface area contributed by atoms with E-state index in [2.05, 4.69) is 32.4 Å². The molecule has 190 valence electrons. The molecule has 1 fully saturated rings. The average Bonchev–Trinajstić information content (AvgIpc) is 3.48. The molecule has 37 heavy (non-hydrogen) atoms. The van der Waals surface area contributed by atoms with Crippen molar-refractivity contribution in [3.05, 3.63) is 77.4 Å². The molecule has 2 N–H and O–H groups in total. The third-order valence-corrected chi connectivity index (χ3v) is 6.07. The van der Waals surface area contributed by atoms with Gasteiger partial charge in [-0.2, -0.15) is 5.10 Å². The van der Waals surface area contributed by atoms with Gasteiger partial charge in [0.15, 0.2) is 17.3 Å². The molecule has 0 aliphatic carbocycles. The number of halogens is 3. The zero-order valence-corrected chi connectivity index (χ0v) is 20.3. The second-order valence-corrected chi connectivity index (χ2v) is 8.90. The fourth-order valence-corrected chi connectivity index (χ4v) is 4.25. The van der Waals surface area contributed by atoms with Gasteiger partial charge in [-0.3, -0.25) is 9.59 Å². The van der Waals surface area contributed by atoms with Gasteiger partial charge >= 0.3 is 0 Å². The number of hydrogen-bond donors (Lipinski definition) is 2. The van der Waals surface area contributed by atoms with Crippen molar-refractivity contribution < 1.29 is 18.4 Å². The number of aromatic nitrogens is 5. The number of anilines is 2. The van der Waals surface area contributed by atoms with E-state index in [0.29, 0.717) is 11.1 Å². The summed E-state index contributed by atoms with van der Waals surface area (Å²) in [4.78, 5) is 32.2. The zero-order chi connectivity index (χ0) is 26.3. The number of nitrogens with one attached hydrogen (secondary N) is 2. The summed E-state index contributed by atoms with van der Waals surface area (Å²) < 4.78 is 29.7. The van der Waals surface area contributed by atoms with Crippen molar-refractivity contribution in [2.45, 2.75) is 12.8 Å². The summed E-state index contributed by atoms with van der Waals surface area (Å²) in [5.74, 6) is -3.65.